The van der Waals surface area contributed by atoms with Crippen LogP contribution in [0.15, 0.2) is 24.3 Å². The first-order chi connectivity index (χ1) is 9.56. The molecule has 5 heteroatoms. The second-order valence-electron chi connectivity index (χ2n) is 4.52. The van der Waals surface area contributed by atoms with Crippen LogP contribution in [0.25, 0.3) is 0 Å². The van der Waals surface area contributed by atoms with Crippen molar-refractivity contribution >= 4 is 17.4 Å². The van der Waals surface area contributed by atoms with E-state index in [-0.39, 0.29) is 12.2 Å². The number of aromatic nitrogens is 2. The summed E-state index contributed by atoms with van der Waals surface area (Å²) in [6, 6.07) is 7.11. The number of rotatable bonds is 5. The molecule has 0 saturated heterocycles. The summed E-state index contributed by atoms with van der Waals surface area (Å²) in [5.74, 6) is 0.664. The molecular formula is C15H17ClN2O2. The highest BCUT2D eigenvalue weighted by atomic mass is 35.5. The summed E-state index contributed by atoms with van der Waals surface area (Å²) in [5, 5.41) is 4.91. The summed E-state index contributed by atoms with van der Waals surface area (Å²) in [6.07, 6.45) is 0.982. The van der Waals surface area contributed by atoms with E-state index in [1.165, 1.54) is 0 Å². The second kappa shape index (κ2) is 6.09. The molecule has 106 valence electrons. The Morgan fingerprint density at radius 2 is 2.20 bits per heavy atom. The first kappa shape index (κ1) is 14.6. The molecule has 2 aromatic rings. The molecule has 0 saturated carbocycles. The van der Waals surface area contributed by atoms with Crippen LogP contribution in [0.1, 0.15) is 28.7 Å². The lowest BCUT2D eigenvalue weighted by molar-refractivity contribution is 0.0990. The number of benzene rings is 1. The number of Topliss-reactive ketones (excluding diaryl/α,β-unsaturated/α-hetero) is 1. The van der Waals surface area contributed by atoms with Gasteiger partial charge < -0.3 is 4.74 Å². The number of hydrogen-bond donors (Lipinski definition) is 0. The van der Waals surface area contributed by atoms with Crippen molar-refractivity contribution in [3.05, 3.63) is 46.2 Å². The minimum atomic E-state index is -0.00328. The Hall–Kier alpha value is -1.81. The van der Waals surface area contributed by atoms with Gasteiger partial charge in [-0.3, -0.25) is 9.48 Å². The molecule has 0 amide bonds. The van der Waals surface area contributed by atoms with E-state index in [1.54, 1.807) is 37.0 Å². The molecule has 0 aliphatic rings. The third-order valence-corrected chi connectivity index (χ3v) is 3.66. The van der Waals surface area contributed by atoms with E-state index in [9.17, 15) is 4.79 Å². The van der Waals surface area contributed by atoms with Crippen molar-refractivity contribution in [2.75, 3.05) is 7.11 Å². The van der Waals surface area contributed by atoms with Crippen molar-refractivity contribution in [1.29, 1.82) is 0 Å². The van der Waals surface area contributed by atoms with E-state index < -0.39 is 0 Å². The van der Waals surface area contributed by atoms with E-state index in [0.29, 0.717) is 16.3 Å². The van der Waals surface area contributed by atoms with Crippen LogP contribution in [0.3, 0.4) is 0 Å². The largest absolute Gasteiger partial charge is 0.497 e. The minimum absolute atomic E-state index is 0.00328. The molecule has 0 fully saturated rings. The maximum Gasteiger partial charge on any atom is 0.168 e. The molecule has 4 nitrogen and oxygen atoms in total. The summed E-state index contributed by atoms with van der Waals surface area (Å²) >= 11 is 6.26. The predicted molar refractivity (Wildman–Crippen MR) is 78.6 cm³/mol. The van der Waals surface area contributed by atoms with E-state index in [2.05, 4.69) is 5.10 Å². The van der Waals surface area contributed by atoms with Gasteiger partial charge in [0.1, 0.15) is 5.75 Å². The van der Waals surface area contributed by atoms with Gasteiger partial charge in [-0.1, -0.05) is 30.7 Å². The summed E-state index contributed by atoms with van der Waals surface area (Å²) in [6.45, 7) is 1.99. The molecule has 0 atom stereocenters. The summed E-state index contributed by atoms with van der Waals surface area (Å²) in [5.41, 5.74) is 2.18. The monoisotopic (exact) mass is 292 g/mol. The molecular weight excluding hydrogens is 276 g/mol. The summed E-state index contributed by atoms with van der Waals surface area (Å²) < 4.78 is 6.81. The quantitative estimate of drug-likeness (QED) is 0.796. The van der Waals surface area contributed by atoms with E-state index >= 15 is 0 Å². The van der Waals surface area contributed by atoms with Gasteiger partial charge in [-0.2, -0.15) is 5.10 Å². The average Bonchev–Trinajstić information content (AvgIpc) is 2.74. The van der Waals surface area contributed by atoms with Crippen LogP contribution in [0, 0.1) is 0 Å². The molecule has 0 N–H and O–H groups in total. The fourth-order valence-corrected chi connectivity index (χ4v) is 2.42. The van der Waals surface area contributed by atoms with Crippen molar-refractivity contribution in [2.24, 2.45) is 7.05 Å². The van der Waals surface area contributed by atoms with Crippen LogP contribution in [-0.2, 0) is 19.9 Å². The number of methoxy groups -OCH3 is 1. The SMILES string of the molecule is CCc1nn(C)c(CC(=O)c2cccc(OC)c2)c1Cl. The molecule has 2 rings (SSSR count). The van der Waals surface area contributed by atoms with Crippen LogP contribution < -0.4 is 4.74 Å². The van der Waals surface area contributed by atoms with Crippen LogP contribution in [0.5, 0.6) is 5.75 Å². The Labute approximate surface area is 123 Å². The van der Waals surface area contributed by atoms with Gasteiger partial charge in [-0.15, -0.1) is 0 Å². The first-order valence-corrected chi connectivity index (χ1v) is 6.82. The van der Waals surface area contributed by atoms with Gasteiger partial charge in [0.15, 0.2) is 5.78 Å². The highest BCUT2D eigenvalue weighted by Crippen LogP contribution is 2.23. The smallest absolute Gasteiger partial charge is 0.168 e. The highest BCUT2D eigenvalue weighted by Gasteiger charge is 2.17. The lowest BCUT2D eigenvalue weighted by Gasteiger charge is -2.05. The maximum atomic E-state index is 12.3. The number of hydrogen-bond acceptors (Lipinski definition) is 3. The number of carbonyl (C=O) groups is 1. The van der Waals surface area contributed by atoms with Crippen molar-refractivity contribution in [3.63, 3.8) is 0 Å². The average molecular weight is 293 g/mol. The molecule has 1 aromatic carbocycles. The van der Waals surface area contributed by atoms with Gasteiger partial charge in [-0.05, 0) is 18.6 Å². The molecule has 0 radical (unpaired) electrons. The van der Waals surface area contributed by atoms with Crippen molar-refractivity contribution < 1.29 is 9.53 Å². The third-order valence-electron chi connectivity index (χ3n) is 3.22. The molecule has 0 bridgehead atoms. The van der Waals surface area contributed by atoms with Crippen molar-refractivity contribution in [3.8, 4) is 5.75 Å². The van der Waals surface area contributed by atoms with E-state index in [0.717, 1.165) is 17.8 Å². The fourth-order valence-electron chi connectivity index (χ4n) is 2.06. The highest BCUT2D eigenvalue weighted by molar-refractivity contribution is 6.32. The van der Waals surface area contributed by atoms with Gasteiger partial charge in [0, 0.05) is 12.6 Å². The first-order valence-electron chi connectivity index (χ1n) is 6.44. The van der Waals surface area contributed by atoms with Gasteiger partial charge in [0.2, 0.25) is 0 Å². The van der Waals surface area contributed by atoms with Crippen molar-refractivity contribution in [1.82, 2.24) is 9.78 Å². The molecule has 0 aliphatic heterocycles. The standard InChI is InChI=1S/C15H17ClN2O2/c1-4-12-15(16)13(18(2)17-12)9-14(19)10-6-5-7-11(8-10)20-3/h5-8H,4,9H2,1-3H3. The Morgan fingerprint density at radius 1 is 1.45 bits per heavy atom. The van der Waals surface area contributed by atoms with Crippen LogP contribution >= 0.6 is 11.6 Å². The Bertz CT molecular complexity index is 635. The third kappa shape index (κ3) is 2.85. The zero-order valence-corrected chi connectivity index (χ0v) is 12.6. The van der Waals surface area contributed by atoms with Gasteiger partial charge in [0.05, 0.1) is 29.9 Å². The Balaban J connectivity index is 2.25. The van der Waals surface area contributed by atoms with Crippen LogP contribution in [0.2, 0.25) is 5.02 Å². The van der Waals surface area contributed by atoms with Crippen LogP contribution in [-0.4, -0.2) is 22.7 Å². The minimum Gasteiger partial charge on any atom is -0.497 e. The van der Waals surface area contributed by atoms with Gasteiger partial charge in [-0.25, -0.2) is 0 Å². The number of ether oxygens (including phenoxy) is 1. The van der Waals surface area contributed by atoms with Gasteiger partial charge >= 0.3 is 0 Å². The number of nitrogens with zero attached hydrogens (tertiary/aromatic N) is 2. The van der Waals surface area contributed by atoms with Crippen LogP contribution in [0.4, 0.5) is 0 Å². The molecule has 1 aromatic heterocycles. The van der Waals surface area contributed by atoms with E-state index in [1.807, 2.05) is 13.0 Å². The van der Waals surface area contributed by atoms with Crippen molar-refractivity contribution in [2.45, 2.75) is 19.8 Å². The lowest BCUT2D eigenvalue weighted by atomic mass is 10.1. The fraction of sp³-hybridized carbons (Fsp3) is 0.333. The number of carbonyl (C=O) groups excluding carboxylic acids is 1. The molecule has 0 unspecified atom stereocenters. The molecule has 20 heavy (non-hydrogen) atoms. The lowest BCUT2D eigenvalue weighted by Crippen LogP contribution is -2.08. The molecule has 1 heterocycles. The topological polar surface area (TPSA) is 44.1 Å². The van der Waals surface area contributed by atoms with E-state index in [4.69, 9.17) is 16.3 Å². The predicted octanol–water partition coefficient (Wildman–Crippen LogP) is 3.07. The summed E-state index contributed by atoms with van der Waals surface area (Å²) in [7, 11) is 3.38. The number of halogens is 1. The molecule has 0 spiro atoms. The normalized spacial score (nSPS) is 10.6. The molecule has 0 aliphatic carbocycles. The Kier molecular flexibility index (Phi) is 4.45. The second-order valence-corrected chi connectivity index (χ2v) is 4.89. The number of aryl methyl sites for hydroxylation is 2. The zero-order chi connectivity index (χ0) is 14.7. The van der Waals surface area contributed by atoms with Gasteiger partial charge in [0.25, 0.3) is 0 Å². The zero-order valence-electron chi connectivity index (χ0n) is 11.8. The maximum absolute atomic E-state index is 12.3. The number of ketones is 1. The summed E-state index contributed by atoms with van der Waals surface area (Å²) in [4.78, 5) is 12.3. The Morgan fingerprint density at radius 3 is 2.80 bits per heavy atom.